The van der Waals surface area contributed by atoms with Gasteiger partial charge >= 0.3 is 0 Å². The van der Waals surface area contributed by atoms with Crippen LogP contribution in [0.15, 0.2) is 42.7 Å². The predicted molar refractivity (Wildman–Crippen MR) is 95.8 cm³/mol. The Morgan fingerprint density at radius 2 is 2.00 bits per heavy atom. The molecule has 1 aliphatic rings. The van der Waals surface area contributed by atoms with E-state index in [0.717, 1.165) is 24.6 Å². The van der Waals surface area contributed by atoms with E-state index in [0.29, 0.717) is 0 Å². The minimum absolute atomic E-state index is 0.0107. The number of benzene rings is 1. The molecule has 3 rings (SSSR count). The summed E-state index contributed by atoms with van der Waals surface area (Å²) < 4.78 is 1.63. The van der Waals surface area contributed by atoms with Crippen molar-refractivity contribution < 1.29 is 4.79 Å². The lowest BCUT2D eigenvalue weighted by Gasteiger charge is -2.32. The molecule has 0 aliphatic carbocycles. The van der Waals surface area contributed by atoms with Crippen LogP contribution in [0, 0.1) is 5.92 Å². The molecule has 1 aromatic heterocycles. The van der Waals surface area contributed by atoms with Crippen LogP contribution in [0.3, 0.4) is 0 Å². The third kappa shape index (κ3) is 4.16. The van der Waals surface area contributed by atoms with Crippen LogP contribution in [0.5, 0.6) is 0 Å². The van der Waals surface area contributed by atoms with Crippen molar-refractivity contribution >= 4 is 11.6 Å². The zero-order valence-electron chi connectivity index (χ0n) is 14.5. The van der Waals surface area contributed by atoms with E-state index in [1.165, 1.54) is 18.5 Å². The normalized spacial score (nSPS) is 16.8. The molecule has 1 aromatic carbocycles. The molecular formula is C19H26N4O. The average molecular weight is 326 g/mol. The van der Waals surface area contributed by atoms with Crippen molar-refractivity contribution in [2.75, 3.05) is 18.0 Å². The number of piperidine rings is 1. The SMILES string of the molecule is CC1CCN(c2ccc([C@H](C)NC(=O)Cn3cccn3)cc2)CC1. The molecule has 5 heteroatoms. The standard InChI is InChI=1S/C19H26N4O/c1-15-8-12-22(13-9-15)18-6-4-17(5-7-18)16(2)21-19(24)14-23-11-3-10-20-23/h3-7,10-11,15-16H,8-9,12-14H2,1-2H3,(H,21,24)/t16-/m0/s1. The van der Waals surface area contributed by atoms with Gasteiger partial charge in [0.15, 0.2) is 0 Å². The van der Waals surface area contributed by atoms with Crippen molar-refractivity contribution in [1.82, 2.24) is 15.1 Å². The molecule has 0 unspecified atom stereocenters. The molecule has 1 atom stereocenters. The molecule has 0 saturated carbocycles. The first-order valence-corrected chi connectivity index (χ1v) is 8.73. The number of nitrogens with one attached hydrogen (secondary N) is 1. The Morgan fingerprint density at radius 3 is 2.62 bits per heavy atom. The molecule has 128 valence electrons. The van der Waals surface area contributed by atoms with Gasteiger partial charge in [-0.25, -0.2) is 0 Å². The Labute approximate surface area is 143 Å². The Kier molecular flexibility index (Phi) is 5.18. The summed E-state index contributed by atoms with van der Waals surface area (Å²) in [7, 11) is 0. The smallest absolute Gasteiger partial charge is 0.242 e. The first-order chi connectivity index (χ1) is 11.6. The van der Waals surface area contributed by atoms with Crippen molar-refractivity contribution in [3.05, 3.63) is 48.3 Å². The van der Waals surface area contributed by atoms with E-state index in [9.17, 15) is 4.79 Å². The summed E-state index contributed by atoms with van der Waals surface area (Å²) in [6.45, 7) is 6.86. The Balaban J connectivity index is 1.55. The lowest BCUT2D eigenvalue weighted by molar-refractivity contribution is -0.122. The maximum absolute atomic E-state index is 12.1. The summed E-state index contributed by atoms with van der Waals surface area (Å²) in [5.41, 5.74) is 2.40. The lowest BCUT2D eigenvalue weighted by Crippen LogP contribution is -2.33. The first kappa shape index (κ1) is 16.6. The molecule has 0 spiro atoms. The molecular weight excluding hydrogens is 300 g/mol. The molecule has 0 radical (unpaired) electrons. The van der Waals surface area contributed by atoms with Crippen LogP contribution < -0.4 is 10.2 Å². The highest BCUT2D eigenvalue weighted by molar-refractivity contribution is 5.76. The first-order valence-electron chi connectivity index (χ1n) is 8.73. The second kappa shape index (κ2) is 7.51. The minimum atomic E-state index is -0.0275. The number of hydrogen-bond acceptors (Lipinski definition) is 3. The van der Waals surface area contributed by atoms with Gasteiger partial charge in [0.1, 0.15) is 6.54 Å². The van der Waals surface area contributed by atoms with E-state index in [1.54, 1.807) is 17.1 Å². The van der Waals surface area contributed by atoms with Crippen LogP contribution >= 0.6 is 0 Å². The number of carbonyl (C=O) groups excluding carboxylic acids is 1. The van der Waals surface area contributed by atoms with Crippen LogP contribution in [0.1, 0.15) is 38.3 Å². The highest BCUT2D eigenvalue weighted by Gasteiger charge is 2.16. The van der Waals surface area contributed by atoms with Gasteiger partial charge in [0.05, 0.1) is 6.04 Å². The number of amides is 1. The molecule has 2 aromatic rings. The average Bonchev–Trinajstić information content (AvgIpc) is 3.08. The Morgan fingerprint density at radius 1 is 1.29 bits per heavy atom. The third-order valence-electron chi connectivity index (χ3n) is 4.78. The van der Waals surface area contributed by atoms with Crippen LogP contribution in [0.2, 0.25) is 0 Å². The largest absolute Gasteiger partial charge is 0.372 e. The van der Waals surface area contributed by atoms with Gasteiger partial charge in [0.25, 0.3) is 0 Å². The monoisotopic (exact) mass is 326 g/mol. The second-order valence-electron chi connectivity index (χ2n) is 6.75. The van der Waals surface area contributed by atoms with Crippen molar-refractivity contribution in [2.24, 2.45) is 5.92 Å². The molecule has 1 fully saturated rings. The van der Waals surface area contributed by atoms with Gasteiger partial charge in [-0.15, -0.1) is 0 Å². The molecule has 1 amide bonds. The topological polar surface area (TPSA) is 50.2 Å². The summed E-state index contributed by atoms with van der Waals surface area (Å²) in [5, 5.41) is 7.08. The summed E-state index contributed by atoms with van der Waals surface area (Å²) in [6.07, 6.45) is 6.00. The summed E-state index contributed by atoms with van der Waals surface area (Å²) >= 11 is 0. The van der Waals surface area contributed by atoms with Gasteiger partial charge in [-0.1, -0.05) is 19.1 Å². The molecule has 24 heavy (non-hydrogen) atoms. The van der Waals surface area contributed by atoms with Crippen LogP contribution in [-0.2, 0) is 11.3 Å². The van der Waals surface area contributed by atoms with Crippen LogP contribution in [0.4, 0.5) is 5.69 Å². The Hall–Kier alpha value is -2.30. The van der Waals surface area contributed by atoms with Crippen molar-refractivity contribution in [3.63, 3.8) is 0 Å². The number of anilines is 1. The highest BCUT2D eigenvalue weighted by Crippen LogP contribution is 2.24. The molecule has 2 heterocycles. The number of carbonyl (C=O) groups is 1. The maximum atomic E-state index is 12.1. The van der Waals surface area contributed by atoms with Crippen molar-refractivity contribution in [3.8, 4) is 0 Å². The zero-order chi connectivity index (χ0) is 16.9. The summed E-state index contributed by atoms with van der Waals surface area (Å²) in [6, 6.07) is 10.4. The molecule has 0 bridgehead atoms. The number of aromatic nitrogens is 2. The second-order valence-corrected chi connectivity index (χ2v) is 6.75. The fourth-order valence-electron chi connectivity index (χ4n) is 3.15. The van der Waals surface area contributed by atoms with E-state index >= 15 is 0 Å². The van der Waals surface area contributed by atoms with E-state index in [4.69, 9.17) is 0 Å². The maximum Gasteiger partial charge on any atom is 0.242 e. The van der Waals surface area contributed by atoms with Gasteiger partial charge < -0.3 is 10.2 Å². The fraction of sp³-hybridized carbons (Fsp3) is 0.474. The number of rotatable bonds is 5. The molecule has 5 nitrogen and oxygen atoms in total. The van der Waals surface area contributed by atoms with Crippen molar-refractivity contribution in [2.45, 2.75) is 39.3 Å². The van der Waals surface area contributed by atoms with Crippen molar-refractivity contribution in [1.29, 1.82) is 0 Å². The third-order valence-corrected chi connectivity index (χ3v) is 4.78. The van der Waals surface area contributed by atoms with Gasteiger partial charge in [-0.2, -0.15) is 5.10 Å². The summed E-state index contributed by atoms with van der Waals surface area (Å²) in [5.74, 6) is 0.811. The van der Waals surface area contributed by atoms with E-state index < -0.39 is 0 Å². The summed E-state index contributed by atoms with van der Waals surface area (Å²) in [4.78, 5) is 14.5. The van der Waals surface area contributed by atoms with Gasteiger partial charge in [0, 0.05) is 31.2 Å². The van der Waals surface area contributed by atoms with Gasteiger partial charge in [0.2, 0.25) is 5.91 Å². The van der Waals surface area contributed by atoms with E-state index in [-0.39, 0.29) is 18.5 Å². The molecule has 1 aliphatic heterocycles. The molecule has 1 N–H and O–H groups in total. The fourth-order valence-corrected chi connectivity index (χ4v) is 3.15. The predicted octanol–water partition coefficient (Wildman–Crippen LogP) is 3.00. The highest BCUT2D eigenvalue weighted by atomic mass is 16.2. The van der Waals surface area contributed by atoms with Gasteiger partial charge in [-0.3, -0.25) is 9.48 Å². The number of nitrogens with zero attached hydrogens (tertiary/aromatic N) is 3. The zero-order valence-corrected chi connectivity index (χ0v) is 14.5. The Bertz CT molecular complexity index is 643. The van der Waals surface area contributed by atoms with Crippen LogP contribution in [0.25, 0.3) is 0 Å². The molecule has 1 saturated heterocycles. The number of hydrogen-bond donors (Lipinski definition) is 1. The minimum Gasteiger partial charge on any atom is -0.372 e. The quantitative estimate of drug-likeness (QED) is 0.919. The van der Waals surface area contributed by atoms with Gasteiger partial charge in [-0.05, 0) is 49.4 Å². The van der Waals surface area contributed by atoms with E-state index in [1.807, 2.05) is 13.0 Å². The van der Waals surface area contributed by atoms with E-state index in [2.05, 4.69) is 46.5 Å². The van der Waals surface area contributed by atoms with Crippen LogP contribution in [-0.4, -0.2) is 28.8 Å². The lowest BCUT2D eigenvalue weighted by atomic mass is 9.98.